The molecule has 0 heterocycles. The standard InChI is InChI=1S/C14H20N2O2/c1-5-12(15)16-13(18)9-6-7-11(17)10(8-9)14(2,3)4/h5-8,17H,15H2,1-4H3,(H,16,18). The maximum Gasteiger partial charge on any atom is 0.256 e. The van der Waals surface area contributed by atoms with Gasteiger partial charge < -0.3 is 16.2 Å². The average Bonchev–Trinajstić information content (AvgIpc) is 2.27. The molecule has 1 aromatic carbocycles. The van der Waals surface area contributed by atoms with E-state index in [0.717, 1.165) is 5.56 Å². The Labute approximate surface area is 108 Å². The molecule has 0 bridgehead atoms. The van der Waals surface area contributed by atoms with Crippen molar-refractivity contribution in [2.24, 2.45) is 5.73 Å². The fourth-order valence-corrected chi connectivity index (χ4v) is 1.55. The van der Waals surface area contributed by atoms with Gasteiger partial charge in [-0.1, -0.05) is 20.8 Å². The van der Waals surface area contributed by atoms with Crippen molar-refractivity contribution < 1.29 is 9.90 Å². The number of nitrogens with one attached hydrogen (secondary N) is 1. The maximum absolute atomic E-state index is 11.9. The number of hydrogen-bond donors (Lipinski definition) is 3. The molecule has 0 fully saturated rings. The lowest BCUT2D eigenvalue weighted by atomic mass is 9.85. The van der Waals surface area contributed by atoms with E-state index in [2.05, 4.69) is 5.32 Å². The molecule has 4 N–H and O–H groups in total. The van der Waals surface area contributed by atoms with Gasteiger partial charge in [-0.05, 0) is 36.6 Å². The second kappa shape index (κ2) is 5.12. The second-order valence-electron chi connectivity index (χ2n) is 5.18. The molecule has 0 saturated carbocycles. The van der Waals surface area contributed by atoms with Crippen LogP contribution in [-0.2, 0) is 5.41 Å². The second-order valence-corrected chi connectivity index (χ2v) is 5.18. The first-order valence-corrected chi connectivity index (χ1v) is 5.82. The van der Waals surface area contributed by atoms with Gasteiger partial charge in [0.2, 0.25) is 0 Å². The quantitative estimate of drug-likeness (QED) is 0.751. The van der Waals surface area contributed by atoms with E-state index < -0.39 is 0 Å². The molecule has 1 aromatic rings. The summed E-state index contributed by atoms with van der Waals surface area (Å²) in [6, 6.07) is 4.79. The van der Waals surface area contributed by atoms with Crippen LogP contribution in [0.1, 0.15) is 43.6 Å². The van der Waals surface area contributed by atoms with Crippen molar-refractivity contribution in [3.05, 3.63) is 41.2 Å². The summed E-state index contributed by atoms with van der Waals surface area (Å²) < 4.78 is 0. The molecule has 4 nitrogen and oxygen atoms in total. The summed E-state index contributed by atoms with van der Waals surface area (Å²) in [5.41, 5.74) is 6.52. The Morgan fingerprint density at radius 2 is 2.00 bits per heavy atom. The van der Waals surface area contributed by atoms with E-state index in [1.54, 1.807) is 25.1 Å². The maximum atomic E-state index is 11.9. The number of hydrogen-bond acceptors (Lipinski definition) is 3. The summed E-state index contributed by atoms with van der Waals surface area (Å²) in [5, 5.41) is 12.4. The molecule has 4 heteroatoms. The third kappa shape index (κ3) is 3.26. The summed E-state index contributed by atoms with van der Waals surface area (Å²) in [4.78, 5) is 11.9. The van der Waals surface area contributed by atoms with Crippen LogP contribution in [0.5, 0.6) is 5.75 Å². The molecule has 0 radical (unpaired) electrons. The van der Waals surface area contributed by atoms with Crippen LogP contribution in [0.2, 0.25) is 0 Å². The largest absolute Gasteiger partial charge is 0.508 e. The lowest BCUT2D eigenvalue weighted by Crippen LogP contribution is -2.27. The van der Waals surface area contributed by atoms with Crippen LogP contribution in [0.25, 0.3) is 0 Å². The van der Waals surface area contributed by atoms with Crippen LogP contribution in [0, 0.1) is 0 Å². The van der Waals surface area contributed by atoms with Gasteiger partial charge in [0.25, 0.3) is 5.91 Å². The zero-order chi connectivity index (χ0) is 13.9. The van der Waals surface area contributed by atoms with E-state index in [9.17, 15) is 9.90 Å². The summed E-state index contributed by atoms with van der Waals surface area (Å²) in [5.74, 6) is 0.222. The molecular weight excluding hydrogens is 228 g/mol. The monoisotopic (exact) mass is 248 g/mol. The third-order valence-electron chi connectivity index (χ3n) is 2.64. The predicted molar refractivity (Wildman–Crippen MR) is 72.2 cm³/mol. The SMILES string of the molecule is CC=C(N)NC(=O)c1ccc(O)c(C(C)(C)C)c1. The molecule has 0 spiro atoms. The number of carbonyl (C=O) groups excluding carboxylic acids is 1. The van der Waals surface area contributed by atoms with Crippen LogP contribution in [0.15, 0.2) is 30.1 Å². The number of phenolic OH excluding ortho intramolecular Hbond substituents is 1. The number of rotatable bonds is 2. The van der Waals surface area contributed by atoms with Crippen molar-refractivity contribution in [1.29, 1.82) is 0 Å². The third-order valence-corrected chi connectivity index (χ3v) is 2.64. The number of carbonyl (C=O) groups is 1. The van der Waals surface area contributed by atoms with Gasteiger partial charge in [-0.2, -0.15) is 0 Å². The summed E-state index contributed by atoms with van der Waals surface area (Å²) >= 11 is 0. The van der Waals surface area contributed by atoms with E-state index in [-0.39, 0.29) is 17.1 Å². The summed E-state index contributed by atoms with van der Waals surface area (Å²) in [6.45, 7) is 7.67. The predicted octanol–water partition coefficient (Wildman–Crippen LogP) is 2.24. The Bertz CT molecular complexity index is 485. The van der Waals surface area contributed by atoms with Crippen LogP contribution >= 0.6 is 0 Å². The fourth-order valence-electron chi connectivity index (χ4n) is 1.55. The Balaban J connectivity index is 3.09. The first-order valence-electron chi connectivity index (χ1n) is 5.82. The number of benzene rings is 1. The highest BCUT2D eigenvalue weighted by Crippen LogP contribution is 2.31. The Kier molecular flexibility index (Phi) is 4.01. The van der Waals surface area contributed by atoms with E-state index in [0.29, 0.717) is 11.4 Å². The number of phenols is 1. The van der Waals surface area contributed by atoms with E-state index in [1.165, 1.54) is 6.07 Å². The highest BCUT2D eigenvalue weighted by atomic mass is 16.3. The fraction of sp³-hybridized carbons (Fsp3) is 0.357. The van der Waals surface area contributed by atoms with Crippen molar-refractivity contribution >= 4 is 5.91 Å². The zero-order valence-corrected chi connectivity index (χ0v) is 11.2. The zero-order valence-electron chi connectivity index (χ0n) is 11.2. The van der Waals surface area contributed by atoms with Gasteiger partial charge in [-0.3, -0.25) is 4.79 Å². The Morgan fingerprint density at radius 3 is 2.50 bits per heavy atom. The lowest BCUT2D eigenvalue weighted by Gasteiger charge is -2.21. The highest BCUT2D eigenvalue weighted by molar-refractivity contribution is 5.95. The van der Waals surface area contributed by atoms with Gasteiger partial charge in [0, 0.05) is 11.1 Å². The molecule has 0 aliphatic heterocycles. The van der Waals surface area contributed by atoms with E-state index in [4.69, 9.17) is 5.73 Å². The Hall–Kier alpha value is -1.97. The van der Waals surface area contributed by atoms with Crippen LogP contribution in [0.4, 0.5) is 0 Å². The van der Waals surface area contributed by atoms with E-state index >= 15 is 0 Å². The molecule has 1 amide bonds. The van der Waals surface area contributed by atoms with Gasteiger partial charge >= 0.3 is 0 Å². The van der Waals surface area contributed by atoms with Gasteiger partial charge in [0.05, 0.1) is 5.82 Å². The topological polar surface area (TPSA) is 75.3 Å². The van der Waals surface area contributed by atoms with Gasteiger partial charge in [0.1, 0.15) is 5.75 Å². The average molecular weight is 248 g/mol. The molecule has 0 aliphatic carbocycles. The molecule has 0 unspecified atom stereocenters. The molecule has 0 aromatic heterocycles. The van der Waals surface area contributed by atoms with Crippen LogP contribution < -0.4 is 11.1 Å². The molecule has 1 rings (SSSR count). The van der Waals surface area contributed by atoms with Crippen molar-refractivity contribution in [3.8, 4) is 5.75 Å². The smallest absolute Gasteiger partial charge is 0.256 e. The highest BCUT2D eigenvalue weighted by Gasteiger charge is 2.19. The number of allylic oxidation sites excluding steroid dienone is 1. The molecule has 98 valence electrons. The summed E-state index contributed by atoms with van der Waals surface area (Å²) in [6.07, 6.45) is 1.61. The first kappa shape index (κ1) is 14.1. The molecule has 0 saturated heterocycles. The molecule has 18 heavy (non-hydrogen) atoms. The Morgan fingerprint density at radius 1 is 1.39 bits per heavy atom. The first-order chi connectivity index (χ1) is 8.25. The van der Waals surface area contributed by atoms with Crippen LogP contribution in [-0.4, -0.2) is 11.0 Å². The van der Waals surface area contributed by atoms with Crippen LogP contribution in [0.3, 0.4) is 0 Å². The normalized spacial score (nSPS) is 12.3. The number of nitrogens with two attached hydrogens (primary N) is 1. The van der Waals surface area contributed by atoms with E-state index in [1.807, 2.05) is 20.8 Å². The molecule has 0 aliphatic rings. The minimum Gasteiger partial charge on any atom is -0.508 e. The van der Waals surface area contributed by atoms with Crippen molar-refractivity contribution in [2.75, 3.05) is 0 Å². The van der Waals surface area contributed by atoms with Gasteiger partial charge in [-0.25, -0.2) is 0 Å². The van der Waals surface area contributed by atoms with Gasteiger partial charge in [-0.15, -0.1) is 0 Å². The molecular formula is C14H20N2O2. The number of aromatic hydroxyl groups is 1. The summed E-state index contributed by atoms with van der Waals surface area (Å²) in [7, 11) is 0. The lowest BCUT2D eigenvalue weighted by molar-refractivity contribution is 0.0965. The van der Waals surface area contributed by atoms with Crippen molar-refractivity contribution in [3.63, 3.8) is 0 Å². The van der Waals surface area contributed by atoms with Crippen molar-refractivity contribution in [2.45, 2.75) is 33.1 Å². The van der Waals surface area contributed by atoms with Crippen molar-refractivity contribution in [1.82, 2.24) is 5.32 Å². The number of amides is 1. The van der Waals surface area contributed by atoms with Gasteiger partial charge in [0.15, 0.2) is 0 Å². The minimum absolute atomic E-state index is 0.193. The molecule has 0 atom stereocenters. The minimum atomic E-state index is -0.281.